The number of phosphoric acid groups is 1. The van der Waals surface area contributed by atoms with Crippen LogP contribution < -0.4 is 4.89 Å². The molecule has 2 unspecified atom stereocenters. The average molecular weight is 784 g/mol. The maximum Gasteiger partial charge on any atom is 0.306 e. The number of nitrogens with zero attached hydrogens (tertiary/aromatic N) is 1. The molecule has 8 nitrogen and oxygen atoms in total. The highest BCUT2D eigenvalue weighted by atomic mass is 31.2. The Hall–Kier alpha value is -1.28. The quantitative estimate of drug-likeness (QED) is 0.0200. The van der Waals surface area contributed by atoms with E-state index in [4.69, 9.17) is 18.5 Å². The summed E-state index contributed by atoms with van der Waals surface area (Å²) in [6.45, 7) is 5.30. The minimum Gasteiger partial charge on any atom is -0.756 e. The monoisotopic (exact) mass is 784 g/mol. The fourth-order valence-electron chi connectivity index (χ4n) is 6.03. The smallest absolute Gasteiger partial charge is 0.306 e. The van der Waals surface area contributed by atoms with Crippen molar-refractivity contribution in [3.05, 3.63) is 36.5 Å². The van der Waals surface area contributed by atoms with E-state index in [1.165, 1.54) is 109 Å². The number of quaternary nitrogens is 1. The zero-order chi connectivity index (χ0) is 39.9. The summed E-state index contributed by atoms with van der Waals surface area (Å²) >= 11 is 0. The van der Waals surface area contributed by atoms with Gasteiger partial charge >= 0.3 is 5.97 Å². The molecule has 0 radical (unpaired) electrons. The van der Waals surface area contributed by atoms with E-state index in [2.05, 4.69) is 50.3 Å². The number of hydrogen-bond donors (Lipinski definition) is 0. The SMILES string of the molecule is CC/C=C\C/C=C\C/C=C\CCCCCCCCCCOCC(COP(=O)([O-])OCC[N+](C)(C)C)OC(=O)CCCCCCCCCCCCCCCC. The molecule has 0 bridgehead atoms. The molecule has 0 aromatic rings. The topological polar surface area (TPSA) is 94.1 Å². The van der Waals surface area contributed by atoms with Crippen molar-refractivity contribution < 1.29 is 37.3 Å². The summed E-state index contributed by atoms with van der Waals surface area (Å²) in [7, 11) is 1.35. The van der Waals surface area contributed by atoms with Crippen LogP contribution in [0.3, 0.4) is 0 Å². The van der Waals surface area contributed by atoms with E-state index in [1.54, 1.807) is 0 Å². The number of unbranched alkanes of at least 4 members (excludes halogenated alkanes) is 21. The Morgan fingerprint density at radius 1 is 0.593 bits per heavy atom. The minimum absolute atomic E-state index is 0.0253. The molecule has 0 fully saturated rings. The second-order valence-electron chi connectivity index (χ2n) is 16.0. The van der Waals surface area contributed by atoms with Crippen LogP contribution >= 0.6 is 7.82 Å². The van der Waals surface area contributed by atoms with Crippen LogP contribution in [0.15, 0.2) is 36.5 Å². The zero-order valence-electron chi connectivity index (χ0n) is 35.9. The molecule has 0 amide bonds. The Morgan fingerprint density at radius 2 is 1.07 bits per heavy atom. The molecule has 0 aliphatic rings. The molecule has 0 heterocycles. The van der Waals surface area contributed by atoms with Crippen molar-refractivity contribution in [3.63, 3.8) is 0 Å². The highest BCUT2D eigenvalue weighted by Gasteiger charge is 2.20. The third-order valence-electron chi connectivity index (χ3n) is 9.46. The molecule has 0 aromatic heterocycles. The van der Waals surface area contributed by atoms with Crippen molar-refractivity contribution in [2.75, 3.05) is 54.1 Å². The van der Waals surface area contributed by atoms with Gasteiger partial charge in [-0.1, -0.05) is 172 Å². The third-order valence-corrected chi connectivity index (χ3v) is 10.4. The molecule has 54 heavy (non-hydrogen) atoms. The van der Waals surface area contributed by atoms with Gasteiger partial charge in [0, 0.05) is 13.0 Å². The number of carbonyl (C=O) groups excluding carboxylic acids is 1. The first-order valence-corrected chi connectivity index (χ1v) is 23.7. The maximum atomic E-state index is 12.7. The molecule has 2 atom stereocenters. The van der Waals surface area contributed by atoms with Gasteiger partial charge in [0.05, 0.1) is 34.4 Å². The van der Waals surface area contributed by atoms with E-state index < -0.39 is 13.9 Å². The summed E-state index contributed by atoms with van der Waals surface area (Å²) in [5.74, 6) is -0.336. The zero-order valence-corrected chi connectivity index (χ0v) is 36.8. The molecule has 0 aliphatic heterocycles. The summed E-state index contributed by atoms with van der Waals surface area (Å²) in [5, 5.41) is 0. The number of ether oxygens (including phenoxy) is 2. The van der Waals surface area contributed by atoms with Gasteiger partial charge in [-0.2, -0.15) is 0 Å². The Morgan fingerprint density at radius 3 is 1.61 bits per heavy atom. The number of esters is 1. The van der Waals surface area contributed by atoms with Gasteiger partial charge < -0.3 is 27.9 Å². The van der Waals surface area contributed by atoms with Crippen LogP contribution in [-0.4, -0.2) is 70.7 Å². The van der Waals surface area contributed by atoms with Gasteiger partial charge in [0.2, 0.25) is 0 Å². The number of allylic oxidation sites excluding steroid dienone is 6. The normalized spacial score (nSPS) is 14.1. The maximum absolute atomic E-state index is 12.7. The third kappa shape index (κ3) is 41.9. The van der Waals surface area contributed by atoms with Gasteiger partial charge in [0.25, 0.3) is 7.82 Å². The Labute approximate surface area is 334 Å². The number of carbonyl (C=O) groups is 1. The summed E-state index contributed by atoms with van der Waals surface area (Å²) in [5.41, 5.74) is 0. The van der Waals surface area contributed by atoms with E-state index in [0.717, 1.165) is 57.8 Å². The second kappa shape index (κ2) is 38.6. The molecular weight excluding hydrogens is 697 g/mol. The van der Waals surface area contributed by atoms with E-state index in [1.807, 2.05) is 21.1 Å². The van der Waals surface area contributed by atoms with E-state index in [-0.39, 0.29) is 25.8 Å². The largest absolute Gasteiger partial charge is 0.756 e. The lowest BCUT2D eigenvalue weighted by molar-refractivity contribution is -0.870. The summed E-state index contributed by atoms with van der Waals surface area (Å²) < 4.78 is 34.6. The number of hydrogen-bond acceptors (Lipinski definition) is 7. The second-order valence-corrected chi connectivity index (χ2v) is 17.4. The van der Waals surface area contributed by atoms with Gasteiger partial charge in [-0.15, -0.1) is 0 Å². The fourth-order valence-corrected chi connectivity index (χ4v) is 6.76. The van der Waals surface area contributed by atoms with Crippen LogP contribution in [0.5, 0.6) is 0 Å². The first kappa shape index (κ1) is 52.7. The van der Waals surface area contributed by atoms with E-state index >= 15 is 0 Å². The molecule has 0 rings (SSSR count). The first-order valence-electron chi connectivity index (χ1n) is 22.2. The number of rotatable bonds is 41. The van der Waals surface area contributed by atoms with Crippen molar-refractivity contribution >= 4 is 13.8 Å². The van der Waals surface area contributed by atoms with Crippen molar-refractivity contribution in [2.45, 2.75) is 193 Å². The van der Waals surface area contributed by atoms with Gasteiger partial charge in [-0.05, 0) is 44.9 Å². The van der Waals surface area contributed by atoms with Crippen molar-refractivity contribution in [1.29, 1.82) is 0 Å². The number of likely N-dealkylation sites (N-methyl/N-ethyl adjacent to an activating group) is 1. The van der Waals surface area contributed by atoms with E-state index in [9.17, 15) is 14.3 Å². The van der Waals surface area contributed by atoms with Crippen LogP contribution in [0.1, 0.15) is 187 Å². The molecule has 0 spiro atoms. The number of phosphoric ester groups is 1. The van der Waals surface area contributed by atoms with Gasteiger partial charge in [0.15, 0.2) is 0 Å². The Bertz CT molecular complexity index is 962. The average Bonchev–Trinajstić information content (AvgIpc) is 3.12. The molecule has 0 saturated carbocycles. The van der Waals surface area contributed by atoms with Gasteiger partial charge in [-0.25, -0.2) is 0 Å². The molecule has 318 valence electrons. The van der Waals surface area contributed by atoms with Crippen LogP contribution in [-0.2, 0) is 27.9 Å². The van der Waals surface area contributed by atoms with Crippen molar-refractivity contribution in [2.24, 2.45) is 0 Å². The predicted molar refractivity (Wildman–Crippen MR) is 227 cm³/mol. The van der Waals surface area contributed by atoms with Crippen LogP contribution in [0.4, 0.5) is 0 Å². The molecule has 0 N–H and O–H groups in total. The minimum atomic E-state index is -4.52. The Kier molecular flexibility index (Phi) is 37.7. The summed E-state index contributed by atoms with van der Waals surface area (Å²) in [6.07, 6.45) is 44.4. The summed E-state index contributed by atoms with van der Waals surface area (Å²) in [6, 6.07) is 0. The summed E-state index contributed by atoms with van der Waals surface area (Å²) in [4.78, 5) is 25.0. The lowest BCUT2D eigenvalue weighted by Gasteiger charge is -2.28. The molecule has 0 aromatic carbocycles. The predicted octanol–water partition coefficient (Wildman–Crippen LogP) is 12.4. The standard InChI is InChI=1S/C45H86NO7P/c1-6-8-10-12-14-16-18-20-22-23-24-25-27-29-31-33-35-37-40-50-42-44(43-52-54(48,49)51-41-39-46(3,4)5)53-45(47)38-36-34-32-30-28-26-21-19-17-15-13-11-9-7-2/h8,10,14,16,20,22,44H,6-7,9,11-13,15,17-19,21,23-43H2,1-5H3/b10-8-,16-14-,22-20-. The van der Waals surface area contributed by atoms with Crippen LogP contribution in [0.2, 0.25) is 0 Å². The first-order chi connectivity index (χ1) is 26.1. The molecule has 9 heteroatoms. The van der Waals surface area contributed by atoms with Crippen LogP contribution in [0, 0.1) is 0 Å². The van der Waals surface area contributed by atoms with Crippen molar-refractivity contribution in [3.8, 4) is 0 Å². The fraction of sp³-hybridized carbons (Fsp3) is 0.844. The lowest BCUT2D eigenvalue weighted by atomic mass is 10.0. The Balaban J connectivity index is 4.21. The van der Waals surface area contributed by atoms with Crippen molar-refractivity contribution in [1.82, 2.24) is 0 Å². The van der Waals surface area contributed by atoms with Crippen LogP contribution in [0.25, 0.3) is 0 Å². The van der Waals surface area contributed by atoms with Gasteiger partial charge in [0.1, 0.15) is 19.3 Å². The molecule has 0 saturated heterocycles. The highest BCUT2D eigenvalue weighted by Crippen LogP contribution is 2.38. The van der Waals surface area contributed by atoms with Gasteiger partial charge in [-0.3, -0.25) is 9.36 Å². The molecular formula is C45H86NO7P. The molecule has 0 aliphatic carbocycles. The lowest BCUT2D eigenvalue weighted by Crippen LogP contribution is -2.37. The highest BCUT2D eigenvalue weighted by molar-refractivity contribution is 7.45. The van der Waals surface area contributed by atoms with E-state index in [0.29, 0.717) is 24.1 Å².